The van der Waals surface area contributed by atoms with E-state index in [1.807, 2.05) is 0 Å². The maximum atomic E-state index is 12.4. The third-order valence-electron chi connectivity index (χ3n) is 7.70. The number of hydrogen-bond donors (Lipinski definition) is 1. The first kappa shape index (κ1) is 38.9. The summed E-state index contributed by atoms with van der Waals surface area (Å²) >= 11 is 0. The lowest BCUT2D eigenvalue weighted by Crippen LogP contribution is -2.41. The van der Waals surface area contributed by atoms with Crippen LogP contribution in [0.5, 0.6) is 0 Å². The molecular weight excluding hydrogens is 502 g/mol. The highest BCUT2D eigenvalue weighted by molar-refractivity contribution is 5.70. The van der Waals surface area contributed by atoms with Crippen LogP contribution in [-0.4, -0.2) is 60.9 Å². The van der Waals surface area contributed by atoms with Crippen molar-refractivity contribution in [2.24, 2.45) is 5.92 Å². The molecule has 238 valence electrons. The molecule has 0 aliphatic rings. The predicted octanol–water partition coefficient (Wildman–Crippen LogP) is 8.62. The van der Waals surface area contributed by atoms with Gasteiger partial charge < -0.3 is 14.6 Å². The molecule has 6 nitrogen and oxygen atoms in total. The topological polar surface area (TPSA) is 76.1 Å². The van der Waals surface area contributed by atoms with Gasteiger partial charge in [0.05, 0.1) is 32.7 Å². The second-order valence-electron chi connectivity index (χ2n) is 12.1. The number of unbranched alkanes of at least 4 members (excludes halogenated alkanes) is 16. The fourth-order valence-corrected chi connectivity index (χ4v) is 5.17. The van der Waals surface area contributed by atoms with Gasteiger partial charge in [0.1, 0.15) is 0 Å². The van der Waals surface area contributed by atoms with E-state index < -0.39 is 0 Å². The van der Waals surface area contributed by atoms with Crippen LogP contribution < -0.4 is 0 Å². The zero-order valence-corrected chi connectivity index (χ0v) is 27.1. The fraction of sp³-hybridized carbons (Fsp3) is 0.941. The monoisotopic (exact) mass is 570 g/mol. The van der Waals surface area contributed by atoms with Crippen molar-refractivity contribution in [3.8, 4) is 0 Å². The van der Waals surface area contributed by atoms with E-state index in [0.29, 0.717) is 32.2 Å². The fourth-order valence-electron chi connectivity index (χ4n) is 5.17. The highest BCUT2D eigenvalue weighted by Crippen LogP contribution is 2.14. The molecule has 0 rings (SSSR count). The summed E-state index contributed by atoms with van der Waals surface area (Å²) in [6, 6.07) is -0.0738. The van der Waals surface area contributed by atoms with Crippen molar-refractivity contribution in [2.75, 3.05) is 32.9 Å². The zero-order chi connectivity index (χ0) is 29.7. The number of nitrogens with zero attached hydrogens (tertiary/aromatic N) is 1. The van der Waals surface area contributed by atoms with Crippen LogP contribution in [0.2, 0.25) is 0 Å². The van der Waals surface area contributed by atoms with Gasteiger partial charge in [0.25, 0.3) is 0 Å². The zero-order valence-electron chi connectivity index (χ0n) is 27.1. The maximum absolute atomic E-state index is 12.4. The lowest BCUT2D eigenvalue weighted by Gasteiger charge is -2.31. The molecule has 0 aromatic carbocycles. The van der Waals surface area contributed by atoms with Gasteiger partial charge in [-0.05, 0) is 25.2 Å². The number of rotatable bonds is 30. The SMILES string of the molecule is CCCCCCCCCCCOC(=O)CCN(CCC(=O)OCCCCCCCCCCC)[C@@H](CO)CC(C)C. The van der Waals surface area contributed by atoms with E-state index in [9.17, 15) is 14.7 Å². The Kier molecular flexibility index (Phi) is 28.5. The van der Waals surface area contributed by atoms with E-state index in [4.69, 9.17) is 9.47 Å². The van der Waals surface area contributed by atoms with Crippen molar-refractivity contribution in [2.45, 2.75) is 169 Å². The average Bonchev–Trinajstić information content (AvgIpc) is 2.93. The van der Waals surface area contributed by atoms with Gasteiger partial charge in [-0.2, -0.15) is 0 Å². The molecule has 1 N–H and O–H groups in total. The molecule has 0 saturated heterocycles. The van der Waals surface area contributed by atoms with Gasteiger partial charge in [-0.25, -0.2) is 0 Å². The molecular formula is C34H67NO5. The summed E-state index contributed by atoms with van der Waals surface area (Å²) in [5.74, 6) is 0.0225. The molecule has 0 radical (unpaired) electrons. The third-order valence-corrected chi connectivity index (χ3v) is 7.70. The summed E-state index contributed by atoms with van der Waals surface area (Å²) in [4.78, 5) is 26.8. The Morgan fingerprint density at radius 1 is 0.600 bits per heavy atom. The van der Waals surface area contributed by atoms with Crippen molar-refractivity contribution in [3.63, 3.8) is 0 Å². The Balaban J connectivity index is 4.18. The number of ether oxygens (including phenoxy) is 2. The van der Waals surface area contributed by atoms with E-state index in [1.54, 1.807) is 0 Å². The number of hydrogen-bond acceptors (Lipinski definition) is 6. The Hall–Kier alpha value is -1.14. The highest BCUT2D eigenvalue weighted by Gasteiger charge is 2.21. The number of aliphatic hydroxyl groups excluding tert-OH is 1. The smallest absolute Gasteiger partial charge is 0.307 e. The van der Waals surface area contributed by atoms with Crippen LogP contribution in [0.25, 0.3) is 0 Å². The van der Waals surface area contributed by atoms with Gasteiger partial charge in [0.15, 0.2) is 0 Å². The average molecular weight is 570 g/mol. The van der Waals surface area contributed by atoms with Crippen molar-refractivity contribution >= 4 is 11.9 Å². The second kappa shape index (κ2) is 29.4. The molecule has 0 aliphatic heterocycles. The molecule has 0 saturated carbocycles. The summed E-state index contributed by atoms with van der Waals surface area (Å²) in [5, 5.41) is 10.0. The normalized spacial score (nSPS) is 12.3. The van der Waals surface area contributed by atoms with Crippen molar-refractivity contribution in [1.82, 2.24) is 4.90 Å². The second-order valence-corrected chi connectivity index (χ2v) is 12.1. The minimum absolute atomic E-state index is 0.0131. The van der Waals surface area contributed by atoms with Crippen LogP contribution >= 0.6 is 0 Å². The lowest BCUT2D eigenvalue weighted by atomic mass is 10.0. The Bertz CT molecular complexity index is 529. The van der Waals surface area contributed by atoms with Crippen LogP contribution in [0.15, 0.2) is 0 Å². The molecule has 0 bridgehead atoms. The Morgan fingerprint density at radius 2 is 0.950 bits per heavy atom. The number of aliphatic hydroxyl groups is 1. The van der Waals surface area contributed by atoms with Gasteiger partial charge >= 0.3 is 11.9 Å². The summed E-state index contributed by atoms with van der Waals surface area (Å²) in [6.07, 6.45) is 23.6. The number of esters is 2. The van der Waals surface area contributed by atoms with Crippen LogP contribution in [0.4, 0.5) is 0 Å². The Morgan fingerprint density at radius 3 is 1.27 bits per heavy atom. The molecule has 0 amide bonds. The maximum Gasteiger partial charge on any atom is 0.307 e. The van der Waals surface area contributed by atoms with Crippen LogP contribution in [0.1, 0.15) is 163 Å². The van der Waals surface area contributed by atoms with Gasteiger partial charge in [0, 0.05) is 19.1 Å². The van der Waals surface area contributed by atoms with E-state index in [-0.39, 0.29) is 37.4 Å². The predicted molar refractivity (Wildman–Crippen MR) is 168 cm³/mol. The van der Waals surface area contributed by atoms with Gasteiger partial charge in [0.2, 0.25) is 0 Å². The number of carbonyl (C=O) groups excluding carboxylic acids is 2. The lowest BCUT2D eigenvalue weighted by molar-refractivity contribution is -0.144. The first-order chi connectivity index (χ1) is 19.4. The molecule has 1 atom stereocenters. The molecule has 0 fully saturated rings. The molecule has 0 aromatic rings. The van der Waals surface area contributed by atoms with Gasteiger partial charge in [-0.1, -0.05) is 130 Å². The summed E-state index contributed by atoms with van der Waals surface area (Å²) in [6.45, 7) is 10.7. The minimum Gasteiger partial charge on any atom is -0.466 e. The molecule has 0 aliphatic carbocycles. The first-order valence-corrected chi connectivity index (χ1v) is 17.1. The van der Waals surface area contributed by atoms with E-state index in [0.717, 1.165) is 32.1 Å². The molecule has 0 heterocycles. The molecule has 6 heteroatoms. The standard InChI is InChI=1S/C34H67NO5/c1-5-7-9-11-13-15-17-19-21-27-39-33(37)23-25-35(32(30-36)29-31(3)4)26-24-34(38)40-28-22-20-18-16-14-12-10-8-6-2/h31-32,36H,5-30H2,1-4H3/t32-/m1/s1. The van der Waals surface area contributed by atoms with Gasteiger partial charge in [-0.15, -0.1) is 0 Å². The summed E-state index contributed by atoms with van der Waals surface area (Å²) in [7, 11) is 0. The molecule has 0 unspecified atom stereocenters. The molecule has 0 spiro atoms. The molecule has 0 aromatic heterocycles. The van der Waals surface area contributed by atoms with Crippen molar-refractivity contribution < 1.29 is 24.2 Å². The van der Waals surface area contributed by atoms with Crippen molar-refractivity contribution in [3.05, 3.63) is 0 Å². The highest BCUT2D eigenvalue weighted by atomic mass is 16.5. The van der Waals surface area contributed by atoms with Crippen LogP contribution in [-0.2, 0) is 19.1 Å². The minimum atomic E-state index is -0.196. The van der Waals surface area contributed by atoms with Crippen LogP contribution in [0, 0.1) is 5.92 Å². The quantitative estimate of drug-likeness (QED) is 0.0689. The van der Waals surface area contributed by atoms with E-state index >= 15 is 0 Å². The van der Waals surface area contributed by atoms with Crippen LogP contribution in [0.3, 0.4) is 0 Å². The number of carbonyl (C=O) groups is 2. The Labute approximate surface area is 248 Å². The largest absolute Gasteiger partial charge is 0.466 e. The van der Waals surface area contributed by atoms with E-state index in [1.165, 1.54) is 89.9 Å². The third kappa shape index (κ3) is 25.8. The van der Waals surface area contributed by atoms with E-state index in [2.05, 4.69) is 32.6 Å². The first-order valence-electron chi connectivity index (χ1n) is 17.1. The van der Waals surface area contributed by atoms with Gasteiger partial charge in [-0.3, -0.25) is 14.5 Å². The summed E-state index contributed by atoms with van der Waals surface area (Å²) in [5.41, 5.74) is 0. The van der Waals surface area contributed by atoms with Crippen molar-refractivity contribution in [1.29, 1.82) is 0 Å². The molecule has 40 heavy (non-hydrogen) atoms. The summed E-state index contributed by atoms with van der Waals surface area (Å²) < 4.78 is 10.9.